The molecule has 1 atom stereocenters. The van der Waals surface area contributed by atoms with Crippen molar-refractivity contribution in [2.75, 3.05) is 31.1 Å². The average molecular weight is 447 g/mol. The van der Waals surface area contributed by atoms with E-state index in [0.29, 0.717) is 42.9 Å². The summed E-state index contributed by atoms with van der Waals surface area (Å²) >= 11 is 6.22. The molecular formula is C22H27ClN4O4. The minimum atomic E-state index is -0.343. The molecule has 1 amide bonds. The molecule has 3 rings (SSSR count). The minimum absolute atomic E-state index is 0.0194. The lowest BCUT2D eigenvalue weighted by molar-refractivity contribution is -0.146. The zero-order chi connectivity index (χ0) is 22.4. The molecule has 1 saturated heterocycles. The van der Waals surface area contributed by atoms with Gasteiger partial charge in [0, 0.05) is 38.2 Å². The van der Waals surface area contributed by atoms with E-state index in [2.05, 4.69) is 14.9 Å². The van der Waals surface area contributed by atoms with Crippen LogP contribution in [0.4, 0.5) is 5.82 Å². The summed E-state index contributed by atoms with van der Waals surface area (Å²) in [5.41, 5.74) is 1.03. The molecule has 8 nitrogen and oxygen atoms in total. The van der Waals surface area contributed by atoms with Gasteiger partial charge in [-0.25, -0.2) is 9.97 Å². The number of amides is 1. The van der Waals surface area contributed by atoms with Gasteiger partial charge in [0.05, 0.1) is 18.1 Å². The van der Waals surface area contributed by atoms with Crippen LogP contribution in [0.2, 0.25) is 5.02 Å². The van der Waals surface area contributed by atoms with Crippen LogP contribution in [0.5, 0.6) is 11.6 Å². The third-order valence-electron chi connectivity index (χ3n) is 5.05. The molecule has 1 unspecified atom stereocenters. The molecule has 0 saturated carbocycles. The van der Waals surface area contributed by atoms with E-state index < -0.39 is 0 Å². The maximum atomic E-state index is 12.5. The van der Waals surface area contributed by atoms with Crippen LogP contribution in [0, 0.1) is 6.92 Å². The van der Waals surface area contributed by atoms with Crippen LogP contribution in [0.1, 0.15) is 32.3 Å². The predicted octanol–water partition coefficient (Wildman–Crippen LogP) is 3.61. The summed E-state index contributed by atoms with van der Waals surface area (Å²) in [4.78, 5) is 36.5. The van der Waals surface area contributed by atoms with E-state index in [1.54, 1.807) is 24.0 Å². The number of anilines is 1. The number of hydrogen-bond donors (Lipinski definition) is 0. The fourth-order valence-electron chi connectivity index (χ4n) is 3.48. The fraction of sp³-hybridized carbons (Fsp3) is 0.455. The van der Waals surface area contributed by atoms with Gasteiger partial charge in [0.1, 0.15) is 17.9 Å². The summed E-state index contributed by atoms with van der Waals surface area (Å²) in [7, 11) is 0. The Morgan fingerprint density at radius 1 is 1.19 bits per heavy atom. The summed E-state index contributed by atoms with van der Waals surface area (Å²) in [6, 6.07) is 7.30. The van der Waals surface area contributed by atoms with Gasteiger partial charge in [-0.15, -0.1) is 0 Å². The Kier molecular flexibility index (Phi) is 7.68. The van der Waals surface area contributed by atoms with Crippen molar-refractivity contribution in [2.45, 2.75) is 39.7 Å². The zero-order valence-electron chi connectivity index (χ0n) is 18.0. The molecule has 9 heteroatoms. The molecule has 0 aliphatic carbocycles. The molecule has 0 radical (unpaired) electrons. The summed E-state index contributed by atoms with van der Waals surface area (Å²) in [5, 5.41) is 0.509. The Balaban J connectivity index is 1.61. The smallest absolute Gasteiger partial charge is 0.306 e. The van der Waals surface area contributed by atoms with Crippen LogP contribution in [-0.2, 0) is 14.3 Å². The van der Waals surface area contributed by atoms with E-state index in [0.717, 1.165) is 11.4 Å². The number of benzene rings is 1. The summed E-state index contributed by atoms with van der Waals surface area (Å²) < 4.78 is 10.8. The number of carbonyl (C=O) groups excluding carboxylic acids is 2. The van der Waals surface area contributed by atoms with Crippen molar-refractivity contribution in [1.29, 1.82) is 0 Å². The van der Waals surface area contributed by atoms with E-state index >= 15 is 0 Å². The largest absolute Gasteiger partial charge is 0.466 e. The molecule has 0 N–H and O–H groups in total. The molecule has 1 aromatic carbocycles. The third-order valence-corrected chi connectivity index (χ3v) is 5.36. The van der Waals surface area contributed by atoms with Gasteiger partial charge in [0.2, 0.25) is 11.8 Å². The SMILES string of the molecule is CCOC(=O)CCC(=O)N1CCN(c2cc(Oc3cc(C)ccc3Cl)ncn2)CC1C. The van der Waals surface area contributed by atoms with E-state index in [1.807, 2.05) is 26.0 Å². The van der Waals surface area contributed by atoms with Crippen LogP contribution >= 0.6 is 11.6 Å². The van der Waals surface area contributed by atoms with Gasteiger partial charge >= 0.3 is 5.97 Å². The van der Waals surface area contributed by atoms with Crippen molar-refractivity contribution in [3.63, 3.8) is 0 Å². The molecular weight excluding hydrogens is 420 g/mol. The van der Waals surface area contributed by atoms with E-state index in [4.69, 9.17) is 21.1 Å². The first-order valence-corrected chi connectivity index (χ1v) is 10.7. The Labute approximate surface area is 187 Å². The quantitative estimate of drug-likeness (QED) is 0.600. The van der Waals surface area contributed by atoms with Crippen molar-refractivity contribution in [3.8, 4) is 11.6 Å². The molecule has 31 heavy (non-hydrogen) atoms. The lowest BCUT2D eigenvalue weighted by Crippen LogP contribution is -2.54. The van der Waals surface area contributed by atoms with Gasteiger partial charge in [-0.1, -0.05) is 17.7 Å². The molecule has 1 aliphatic heterocycles. The first kappa shape index (κ1) is 22.8. The van der Waals surface area contributed by atoms with Crippen molar-refractivity contribution in [1.82, 2.24) is 14.9 Å². The highest BCUT2D eigenvalue weighted by molar-refractivity contribution is 6.32. The number of carbonyl (C=O) groups is 2. The van der Waals surface area contributed by atoms with Crippen molar-refractivity contribution in [2.24, 2.45) is 0 Å². The van der Waals surface area contributed by atoms with Gasteiger partial charge in [-0.3, -0.25) is 9.59 Å². The van der Waals surface area contributed by atoms with Crippen LogP contribution in [0.15, 0.2) is 30.6 Å². The second-order valence-corrected chi connectivity index (χ2v) is 7.84. The van der Waals surface area contributed by atoms with E-state index in [9.17, 15) is 9.59 Å². The Bertz CT molecular complexity index is 939. The monoisotopic (exact) mass is 446 g/mol. The van der Waals surface area contributed by atoms with Crippen LogP contribution in [0.25, 0.3) is 0 Å². The number of aryl methyl sites for hydroxylation is 1. The standard InChI is InChI=1S/C22H27ClN4O4/c1-4-30-22(29)8-7-21(28)27-10-9-26(13-16(27)3)19-12-20(25-14-24-19)31-18-11-15(2)5-6-17(18)23/h5-6,11-12,14,16H,4,7-10,13H2,1-3H3. The number of hydrogen-bond acceptors (Lipinski definition) is 7. The van der Waals surface area contributed by atoms with Crippen molar-refractivity contribution >= 4 is 29.3 Å². The van der Waals surface area contributed by atoms with Crippen LogP contribution in [0.3, 0.4) is 0 Å². The Morgan fingerprint density at radius 2 is 2.00 bits per heavy atom. The van der Waals surface area contributed by atoms with Crippen molar-refractivity contribution < 1.29 is 19.1 Å². The molecule has 0 bridgehead atoms. The highest BCUT2D eigenvalue weighted by Crippen LogP contribution is 2.30. The first-order chi connectivity index (χ1) is 14.9. The number of nitrogens with zero attached hydrogens (tertiary/aromatic N) is 4. The second kappa shape index (κ2) is 10.4. The van der Waals surface area contributed by atoms with Gasteiger partial charge in [0.15, 0.2) is 0 Å². The Hall–Kier alpha value is -2.87. The summed E-state index contributed by atoms with van der Waals surface area (Å²) in [6.45, 7) is 7.81. The number of halogens is 1. The number of ether oxygens (including phenoxy) is 2. The fourth-order valence-corrected chi connectivity index (χ4v) is 3.64. The maximum Gasteiger partial charge on any atom is 0.306 e. The molecule has 1 aliphatic rings. The lowest BCUT2D eigenvalue weighted by Gasteiger charge is -2.40. The predicted molar refractivity (Wildman–Crippen MR) is 118 cm³/mol. The molecule has 0 spiro atoms. The highest BCUT2D eigenvalue weighted by Gasteiger charge is 2.28. The summed E-state index contributed by atoms with van der Waals surface area (Å²) in [6.07, 6.45) is 1.72. The topological polar surface area (TPSA) is 84.9 Å². The maximum absolute atomic E-state index is 12.5. The van der Waals surface area contributed by atoms with Crippen LogP contribution < -0.4 is 9.64 Å². The number of piperazine rings is 1. The number of aromatic nitrogens is 2. The van der Waals surface area contributed by atoms with Crippen LogP contribution in [-0.4, -0.2) is 59.0 Å². The molecule has 1 aromatic heterocycles. The van der Waals surface area contributed by atoms with Gasteiger partial charge in [-0.05, 0) is 38.5 Å². The van der Waals surface area contributed by atoms with Gasteiger partial charge < -0.3 is 19.3 Å². The second-order valence-electron chi connectivity index (χ2n) is 7.44. The highest BCUT2D eigenvalue weighted by atomic mass is 35.5. The third kappa shape index (κ3) is 6.07. The minimum Gasteiger partial charge on any atom is -0.466 e. The number of esters is 1. The normalized spacial score (nSPS) is 16.2. The van der Waals surface area contributed by atoms with E-state index in [-0.39, 0.29) is 30.8 Å². The molecule has 166 valence electrons. The molecule has 2 heterocycles. The van der Waals surface area contributed by atoms with Crippen molar-refractivity contribution in [3.05, 3.63) is 41.2 Å². The lowest BCUT2D eigenvalue weighted by atomic mass is 10.1. The first-order valence-electron chi connectivity index (χ1n) is 10.3. The summed E-state index contributed by atoms with van der Waals surface area (Å²) in [5.74, 6) is 1.28. The Morgan fingerprint density at radius 3 is 2.74 bits per heavy atom. The van der Waals surface area contributed by atoms with Gasteiger partial charge in [0.25, 0.3) is 0 Å². The molecule has 2 aromatic rings. The van der Waals surface area contributed by atoms with Gasteiger partial charge in [-0.2, -0.15) is 0 Å². The number of rotatable bonds is 7. The molecule has 1 fully saturated rings. The average Bonchev–Trinajstić information content (AvgIpc) is 2.75. The zero-order valence-corrected chi connectivity index (χ0v) is 18.8. The van der Waals surface area contributed by atoms with E-state index in [1.165, 1.54) is 6.33 Å².